The minimum absolute atomic E-state index is 0.0263. The van der Waals surface area contributed by atoms with Crippen molar-refractivity contribution in [3.63, 3.8) is 0 Å². The number of carbonyl (C=O) groups is 2. The smallest absolute Gasteiger partial charge is 0.319 e. The van der Waals surface area contributed by atoms with E-state index in [0.29, 0.717) is 0 Å². The molecule has 2 N–H and O–H groups in total. The number of allylic oxidation sites excluding steroid dienone is 1. The first-order valence-electron chi connectivity index (χ1n) is 7.69. The van der Waals surface area contributed by atoms with Gasteiger partial charge in [-0.05, 0) is 32.6 Å². The molecule has 2 fully saturated rings. The summed E-state index contributed by atoms with van der Waals surface area (Å²) < 4.78 is 5.35. The highest BCUT2D eigenvalue weighted by Gasteiger charge is 2.78. The van der Waals surface area contributed by atoms with Crippen LogP contribution in [0.2, 0.25) is 0 Å². The average Bonchev–Trinajstić information content (AvgIpc) is 2.65. The molecule has 5 nitrogen and oxygen atoms in total. The zero-order valence-corrected chi connectivity index (χ0v) is 12.2. The normalized spacial score (nSPS) is 43.2. The fourth-order valence-electron chi connectivity index (χ4n) is 4.42. The molecule has 0 radical (unpaired) electrons. The van der Waals surface area contributed by atoms with Crippen molar-refractivity contribution in [2.75, 3.05) is 6.61 Å². The van der Waals surface area contributed by atoms with Crippen LogP contribution in [0.15, 0.2) is 12.2 Å². The van der Waals surface area contributed by atoms with Gasteiger partial charge in [0.2, 0.25) is 0 Å². The number of ether oxygens (including phenoxy) is 1. The summed E-state index contributed by atoms with van der Waals surface area (Å²) in [6.45, 7) is 1.61. The molecule has 0 aromatic heterocycles. The second-order valence-electron chi connectivity index (χ2n) is 6.64. The number of ketones is 1. The Hall–Kier alpha value is -1.20. The molecule has 0 amide bonds. The quantitative estimate of drug-likeness (QED) is 0.596. The molecule has 0 spiro atoms. The molecule has 2 aliphatic carbocycles. The highest BCUT2D eigenvalue weighted by molar-refractivity contribution is 6.00. The molecule has 1 saturated carbocycles. The van der Waals surface area contributed by atoms with Crippen molar-refractivity contribution < 1.29 is 24.5 Å². The molecule has 1 aliphatic heterocycles. The van der Waals surface area contributed by atoms with Gasteiger partial charge in [0.25, 0.3) is 0 Å². The van der Waals surface area contributed by atoms with Crippen molar-refractivity contribution in [1.29, 1.82) is 0 Å². The fraction of sp³-hybridized carbons (Fsp3) is 0.750. The lowest BCUT2D eigenvalue weighted by Gasteiger charge is -2.55. The number of aliphatic hydroxyl groups excluding tert-OH is 2. The number of rotatable bonds is 4. The van der Waals surface area contributed by atoms with Crippen molar-refractivity contribution >= 4 is 11.8 Å². The van der Waals surface area contributed by atoms with E-state index in [-0.39, 0.29) is 31.1 Å². The zero-order chi connectivity index (χ0) is 15.3. The lowest BCUT2D eigenvalue weighted by atomic mass is 9.60. The second kappa shape index (κ2) is 4.92. The monoisotopic (exact) mass is 294 g/mol. The highest BCUT2D eigenvalue weighted by Crippen LogP contribution is 2.62. The van der Waals surface area contributed by atoms with E-state index in [1.54, 1.807) is 6.92 Å². The minimum Gasteiger partial charge on any atom is -0.457 e. The Morgan fingerprint density at radius 1 is 1.48 bits per heavy atom. The summed E-state index contributed by atoms with van der Waals surface area (Å²) in [5.41, 5.74) is -2.11. The lowest BCUT2D eigenvalue weighted by Crippen LogP contribution is -2.70. The molecule has 1 heterocycles. The van der Waals surface area contributed by atoms with Gasteiger partial charge in [-0.25, -0.2) is 0 Å². The molecule has 5 heteroatoms. The molecule has 0 bridgehead atoms. The van der Waals surface area contributed by atoms with E-state index in [1.807, 2.05) is 12.2 Å². The third-order valence-corrected chi connectivity index (χ3v) is 5.68. The molecule has 1 unspecified atom stereocenters. The predicted octanol–water partition coefficient (Wildman–Crippen LogP) is 0.977. The van der Waals surface area contributed by atoms with E-state index in [4.69, 9.17) is 9.84 Å². The van der Waals surface area contributed by atoms with Crippen LogP contribution in [0.1, 0.15) is 39.0 Å². The van der Waals surface area contributed by atoms with Gasteiger partial charge in [-0.1, -0.05) is 12.2 Å². The second-order valence-corrected chi connectivity index (χ2v) is 6.64. The topological polar surface area (TPSA) is 83.8 Å². The maximum absolute atomic E-state index is 12.3. The summed E-state index contributed by atoms with van der Waals surface area (Å²) >= 11 is 0. The summed E-state index contributed by atoms with van der Waals surface area (Å²) in [5, 5.41) is 20.0. The van der Waals surface area contributed by atoms with E-state index in [0.717, 1.165) is 19.3 Å². The van der Waals surface area contributed by atoms with Crippen molar-refractivity contribution in [3.05, 3.63) is 12.2 Å². The Morgan fingerprint density at radius 2 is 2.24 bits per heavy atom. The maximum Gasteiger partial charge on any atom is 0.319 e. The molecule has 1 saturated heterocycles. The third kappa shape index (κ3) is 1.77. The van der Waals surface area contributed by atoms with Crippen LogP contribution >= 0.6 is 0 Å². The molecule has 0 aromatic carbocycles. The van der Waals surface area contributed by atoms with Crippen LogP contribution in [-0.2, 0) is 14.3 Å². The maximum atomic E-state index is 12.3. The van der Waals surface area contributed by atoms with Gasteiger partial charge < -0.3 is 14.9 Å². The Morgan fingerprint density at radius 3 is 2.81 bits per heavy atom. The van der Waals surface area contributed by atoms with Gasteiger partial charge >= 0.3 is 5.97 Å². The van der Waals surface area contributed by atoms with Crippen molar-refractivity contribution in [2.24, 2.45) is 17.3 Å². The van der Waals surface area contributed by atoms with Gasteiger partial charge in [-0.2, -0.15) is 0 Å². The molecule has 21 heavy (non-hydrogen) atoms. The molecular weight excluding hydrogens is 272 g/mol. The Bertz CT molecular complexity index is 499. The predicted molar refractivity (Wildman–Crippen MR) is 74.2 cm³/mol. The van der Waals surface area contributed by atoms with Gasteiger partial charge in [-0.15, -0.1) is 0 Å². The molecule has 5 atom stereocenters. The number of hydrogen-bond acceptors (Lipinski definition) is 5. The number of Topliss-reactive ketones (excluding diaryl/α,β-unsaturated/α-hetero) is 1. The molecule has 3 aliphatic rings. The van der Waals surface area contributed by atoms with Crippen molar-refractivity contribution in [3.8, 4) is 0 Å². The molecule has 3 rings (SSSR count). The minimum atomic E-state index is -1.13. The van der Waals surface area contributed by atoms with E-state index < -0.39 is 29.0 Å². The van der Waals surface area contributed by atoms with Gasteiger partial charge in [0.15, 0.2) is 0 Å². The first kappa shape index (κ1) is 14.7. The van der Waals surface area contributed by atoms with Gasteiger partial charge in [0.05, 0.1) is 12.0 Å². The van der Waals surface area contributed by atoms with Crippen LogP contribution in [0.25, 0.3) is 0 Å². The lowest BCUT2D eigenvalue weighted by molar-refractivity contribution is -0.263. The first-order chi connectivity index (χ1) is 9.97. The molecule has 0 aromatic rings. The number of hydrogen-bond donors (Lipinski definition) is 2. The van der Waals surface area contributed by atoms with E-state index in [2.05, 4.69) is 0 Å². The van der Waals surface area contributed by atoms with Gasteiger partial charge in [0, 0.05) is 18.9 Å². The summed E-state index contributed by atoms with van der Waals surface area (Å²) in [4.78, 5) is 24.5. The van der Waals surface area contributed by atoms with Crippen LogP contribution in [0.3, 0.4) is 0 Å². The van der Waals surface area contributed by atoms with Crippen molar-refractivity contribution in [2.45, 2.75) is 50.7 Å². The van der Waals surface area contributed by atoms with Crippen LogP contribution in [0.5, 0.6) is 0 Å². The summed E-state index contributed by atoms with van der Waals surface area (Å²) in [6.07, 6.45) is 6.18. The number of fused-ring (bicyclic) bond motifs is 1. The Labute approximate surface area is 124 Å². The summed E-state index contributed by atoms with van der Waals surface area (Å²) in [7, 11) is 0. The Balaban J connectivity index is 1.94. The van der Waals surface area contributed by atoms with E-state index in [1.165, 1.54) is 0 Å². The van der Waals surface area contributed by atoms with E-state index >= 15 is 0 Å². The first-order valence-corrected chi connectivity index (χ1v) is 7.69. The summed E-state index contributed by atoms with van der Waals surface area (Å²) in [5.74, 6) is -1.17. The van der Waals surface area contributed by atoms with Crippen LogP contribution in [0, 0.1) is 17.3 Å². The zero-order valence-electron chi connectivity index (χ0n) is 12.2. The summed E-state index contributed by atoms with van der Waals surface area (Å²) in [6, 6.07) is 0. The van der Waals surface area contributed by atoms with Crippen molar-refractivity contribution in [1.82, 2.24) is 0 Å². The molecular formula is C16H22O5. The molecule has 116 valence electrons. The SMILES string of the molecule is C[C@@]12OC(=O)[C@]1(C(O)[C@@H]1C=CCCC1)CC(=O)[C@@H]2CCO. The fourth-order valence-corrected chi connectivity index (χ4v) is 4.42. The third-order valence-electron chi connectivity index (χ3n) is 5.68. The number of carbonyl (C=O) groups excluding carboxylic acids is 2. The van der Waals surface area contributed by atoms with Crippen LogP contribution in [-0.4, -0.2) is 40.3 Å². The van der Waals surface area contributed by atoms with Crippen LogP contribution < -0.4 is 0 Å². The largest absolute Gasteiger partial charge is 0.457 e. The number of esters is 1. The average molecular weight is 294 g/mol. The standard InChI is InChI=1S/C16H22O5/c1-15-11(7-8-17)12(18)9-16(15,14(20)21-15)13(19)10-5-3-2-4-6-10/h3,5,10-11,13,17,19H,2,4,6-9H2,1H3/t10-,11+,13?,15+,16-/m1/s1. The van der Waals surface area contributed by atoms with Gasteiger partial charge in [-0.3, -0.25) is 9.59 Å². The van der Waals surface area contributed by atoms with E-state index in [9.17, 15) is 14.7 Å². The Kier molecular flexibility index (Phi) is 3.45. The van der Waals surface area contributed by atoms with Crippen LogP contribution in [0.4, 0.5) is 0 Å². The highest BCUT2D eigenvalue weighted by atomic mass is 16.6. The number of aliphatic hydroxyl groups is 2. The van der Waals surface area contributed by atoms with Gasteiger partial charge in [0.1, 0.15) is 16.8 Å².